The fourth-order valence-corrected chi connectivity index (χ4v) is 1.57. The van der Waals surface area contributed by atoms with E-state index in [4.69, 9.17) is 5.11 Å². The summed E-state index contributed by atoms with van der Waals surface area (Å²) in [6.45, 7) is 4.54. The summed E-state index contributed by atoms with van der Waals surface area (Å²) >= 11 is 0. The number of phenolic OH excluding ortho intramolecular Hbond substituents is 3. The minimum Gasteiger partial charge on any atom is -0.504 e. The molecule has 0 saturated heterocycles. The Kier molecular flexibility index (Phi) is 5.44. The predicted octanol–water partition coefficient (Wildman–Crippen LogP) is 0.808. The van der Waals surface area contributed by atoms with Gasteiger partial charge in [0.2, 0.25) is 11.7 Å². The van der Waals surface area contributed by atoms with Crippen LogP contribution in [-0.2, 0) is 11.3 Å². The van der Waals surface area contributed by atoms with Crippen LogP contribution >= 0.6 is 0 Å². The van der Waals surface area contributed by atoms with Gasteiger partial charge in [-0.1, -0.05) is 6.07 Å². The number of hydrogen-bond donors (Lipinski definition) is 5. The Bertz CT molecular complexity index is 447. The first-order chi connectivity index (χ1) is 8.91. The summed E-state index contributed by atoms with van der Waals surface area (Å²) in [6.07, 6.45) is 0.336. The van der Waals surface area contributed by atoms with Crippen molar-refractivity contribution in [2.75, 3.05) is 6.54 Å². The van der Waals surface area contributed by atoms with Gasteiger partial charge in [0.25, 0.3) is 0 Å². The number of rotatable bonds is 6. The molecule has 0 saturated carbocycles. The van der Waals surface area contributed by atoms with E-state index in [1.165, 1.54) is 12.1 Å². The van der Waals surface area contributed by atoms with E-state index >= 15 is 0 Å². The van der Waals surface area contributed by atoms with Crippen LogP contribution in [0.2, 0.25) is 0 Å². The van der Waals surface area contributed by atoms with E-state index in [2.05, 4.69) is 10.6 Å². The van der Waals surface area contributed by atoms with Crippen molar-refractivity contribution in [2.45, 2.75) is 32.9 Å². The predicted molar refractivity (Wildman–Crippen MR) is 71.0 cm³/mol. The van der Waals surface area contributed by atoms with Crippen LogP contribution in [0.15, 0.2) is 12.1 Å². The van der Waals surface area contributed by atoms with Crippen molar-refractivity contribution in [1.82, 2.24) is 10.6 Å². The average molecular weight is 268 g/mol. The number of phenols is 3. The Morgan fingerprint density at radius 3 is 2.53 bits per heavy atom. The van der Waals surface area contributed by atoms with Crippen molar-refractivity contribution in [1.29, 1.82) is 0 Å². The first-order valence-corrected chi connectivity index (χ1v) is 6.14. The van der Waals surface area contributed by atoms with Crippen LogP contribution in [-0.4, -0.2) is 33.8 Å². The van der Waals surface area contributed by atoms with Crippen LogP contribution in [0.4, 0.5) is 0 Å². The molecular formula is C13H20N2O4. The molecule has 19 heavy (non-hydrogen) atoms. The van der Waals surface area contributed by atoms with Gasteiger partial charge in [0.1, 0.15) is 0 Å². The molecule has 0 bridgehead atoms. The average Bonchev–Trinajstić information content (AvgIpc) is 2.33. The van der Waals surface area contributed by atoms with Crippen molar-refractivity contribution in [3.05, 3.63) is 17.7 Å². The van der Waals surface area contributed by atoms with Crippen molar-refractivity contribution in [3.8, 4) is 17.2 Å². The number of aromatic hydroxyl groups is 3. The van der Waals surface area contributed by atoms with Gasteiger partial charge in [0.05, 0.1) is 0 Å². The Hall–Kier alpha value is -1.95. The van der Waals surface area contributed by atoms with E-state index < -0.39 is 5.75 Å². The van der Waals surface area contributed by atoms with Gasteiger partial charge in [-0.05, 0) is 19.9 Å². The van der Waals surface area contributed by atoms with Gasteiger partial charge >= 0.3 is 0 Å². The number of amides is 1. The number of carbonyl (C=O) groups excluding carboxylic acids is 1. The summed E-state index contributed by atoms with van der Waals surface area (Å²) in [6, 6.07) is 2.92. The van der Waals surface area contributed by atoms with Gasteiger partial charge in [-0.15, -0.1) is 0 Å². The Morgan fingerprint density at radius 1 is 1.21 bits per heavy atom. The molecule has 106 valence electrons. The van der Waals surface area contributed by atoms with Crippen LogP contribution in [0, 0.1) is 0 Å². The lowest BCUT2D eigenvalue weighted by molar-refractivity contribution is -0.121. The van der Waals surface area contributed by atoms with Crippen LogP contribution in [0.3, 0.4) is 0 Å². The lowest BCUT2D eigenvalue weighted by Crippen LogP contribution is -2.32. The summed E-state index contributed by atoms with van der Waals surface area (Å²) in [4.78, 5) is 11.4. The summed E-state index contributed by atoms with van der Waals surface area (Å²) in [5, 5.41) is 33.8. The quantitative estimate of drug-likeness (QED) is 0.388. The highest BCUT2D eigenvalue weighted by Crippen LogP contribution is 2.36. The Labute approximate surface area is 112 Å². The summed E-state index contributed by atoms with van der Waals surface area (Å²) in [7, 11) is 0. The number of nitrogens with one attached hydrogen (secondary N) is 2. The molecule has 0 unspecified atom stereocenters. The molecule has 0 aliphatic heterocycles. The summed E-state index contributed by atoms with van der Waals surface area (Å²) in [5.41, 5.74) is 0.458. The summed E-state index contributed by atoms with van der Waals surface area (Å²) in [5.74, 6) is -1.28. The third-order valence-corrected chi connectivity index (χ3v) is 2.51. The molecule has 6 heteroatoms. The van der Waals surface area contributed by atoms with Gasteiger partial charge in [0, 0.05) is 31.1 Å². The minimum atomic E-state index is -0.531. The second-order valence-corrected chi connectivity index (χ2v) is 4.59. The number of hydrogen-bond acceptors (Lipinski definition) is 5. The third kappa shape index (κ3) is 4.67. The molecule has 0 atom stereocenters. The largest absolute Gasteiger partial charge is 0.504 e. The van der Waals surface area contributed by atoms with Crippen molar-refractivity contribution >= 4 is 5.91 Å². The highest BCUT2D eigenvalue weighted by Gasteiger charge is 2.10. The maximum atomic E-state index is 11.4. The zero-order valence-corrected chi connectivity index (χ0v) is 11.1. The second kappa shape index (κ2) is 6.84. The van der Waals surface area contributed by atoms with E-state index in [1.807, 2.05) is 13.8 Å². The molecule has 1 aromatic rings. The zero-order valence-electron chi connectivity index (χ0n) is 11.1. The molecule has 0 spiro atoms. The van der Waals surface area contributed by atoms with Gasteiger partial charge in [0.15, 0.2) is 11.5 Å². The number of benzene rings is 1. The van der Waals surface area contributed by atoms with E-state index in [-0.39, 0.29) is 23.4 Å². The van der Waals surface area contributed by atoms with Crippen molar-refractivity contribution < 1.29 is 20.1 Å². The standard InChI is InChI=1S/C13H20N2O4/c1-8(2)15-11(17)5-6-14-7-9-3-4-10(16)13(19)12(9)18/h3-4,8,14,16,18-19H,5-7H2,1-2H3,(H,15,17). The maximum Gasteiger partial charge on any atom is 0.221 e. The lowest BCUT2D eigenvalue weighted by Gasteiger charge is -2.10. The molecule has 6 nitrogen and oxygen atoms in total. The number of carbonyl (C=O) groups is 1. The zero-order chi connectivity index (χ0) is 14.4. The first kappa shape index (κ1) is 15.1. The van der Waals surface area contributed by atoms with E-state index in [0.717, 1.165) is 0 Å². The Morgan fingerprint density at radius 2 is 1.89 bits per heavy atom. The second-order valence-electron chi connectivity index (χ2n) is 4.59. The van der Waals surface area contributed by atoms with Crippen LogP contribution < -0.4 is 10.6 Å². The monoisotopic (exact) mass is 268 g/mol. The Balaban J connectivity index is 2.38. The SMILES string of the molecule is CC(C)NC(=O)CCNCc1ccc(O)c(O)c1O. The fraction of sp³-hybridized carbons (Fsp3) is 0.462. The van der Waals surface area contributed by atoms with Crippen LogP contribution in [0.5, 0.6) is 17.2 Å². The van der Waals surface area contributed by atoms with Crippen LogP contribution in [0.25, 0.3) is 0 Å². The van der Waals surface area contributed by atoms with E-state index in [1.54, 1.807) is 0 Å². The van der Waals surface area contributed by atoms with Gasteiger partial charge in [-0.2, -0.15) is 0 Å². The topological polar surface area (TPSA) is 102 Å². The van der Waals surface area contributed by atoms with E-state index in [0.29, 0.717) is 25.1 Å². The van der Waals surface area contributed by atoms with Gasteiger partial charge < -0.3 is 26.0 Å². The van der Waals surface area contributed by atoms with Gasteiger partial charge in [-0.25, -0.2) is 0 Å². The lowest BCUT2D eigenvalue weighted by atomic mass is 10.1. The van der Waals surface area contributed by atoms with Crippen LogP contribution in [0.1, 0.15) is 25.8 Å². The molecule has 1 rings (SSSR count). The molecule has 0 radical (unpaired) electrons. The van der Waals surface area contributed by atoms with Gasteiger partial charge in [-0.3, -0.25) is 4.79 Å². The summed E-state index contributed by atoms with van der Waals surface area (Å²) < 4.78 is 0. The highest BCUT2D eigenvalue weighted by molar-refractivity contribution is 5.76. The minimum absolute atomic E-state index is 0.0414. The molecule has 0 fully saturated rings. The van der Waals surface area contributed by atoms with Crippen molar-refractivity contribution in [3.63, 3.8) is 0 Å². The molecule has 0 aromatic heterocycles. The first-order valence-electron chi connectivity index (χ1n) is 6.14. The third-order valence-electron chi connectivity index (χ3n) is 2.51. The fourth-order valence-electron chi connectivity index (χ4n) is 1.57. The maximum absolute atomic E-state index is 11.4. The molecule has 0 aliphatic rings. The molecule has 1 aromatic carbocycles. The molecule has 1 amide bonds. The molecule has 5 N–H and O–H groups in total. The smallest absolute Gasteiger partial charge is 0.221 e. The van der Waals surface area contributed by atoms with E-state index in [9.17, 15) is 15.0 Å². The molecule has 0 aliphatic carbocycles. The normalized spacial score (nSPS) is 10.7. The van der Waals surface area contributed by atoms with Crippen molar-refractivity contribution in [2.24, 2.45) is 0 Å². The molecule has 0 heterocycles. The molecular weight excluding hydrogens is 248 g/mol. The highest BCUT2D eigenvalue weighted by atomic mass is 16.3.